The van der Waals surface area contributed by atoms with Crippen LogP contribution in [0.15, 0.2) is 18.2 Å². The second-order valence-corrected chi connectivity index (χ2v) is 4.79. The number of fused-ring (bicyclic) bond motifs is 1. The molecule has 1 aliphatic heterocycles. The summed E-state index contributed by atoms with van der Waals surface area (Å²) in [5.74, 6) is 1.01. The van der Waals surface area contributed by atoms with Gasteiger partial charge in [-0.3, -0.25) is 0 Å². The van der Waals surface area contributed by atoms with Crippen molar-refractivity contribution in [2.24, 2.45) is 0 Å². The summed E-state index contributed by atoms with van der Waals surface area (Å²) >= 11 is 0. The molecule has 1 aliphatic rings. The number of aromatic amines is 1. The van der Waals surface area contributed by atoms with Crippen LogP contribution in [0.25, 0.3) is 10.9 Å². The fourth-order valence-corrected chi connectivity index (χ4v) is 2.51. The molecular formula is C14H18N2O. The Labute approximate surface area is 101 Å². The lowest BCUT2D eigenvalue weighted by molar-refractivity contribution is 0.226. The van der Waals surface area contributed by atoms with E-state index in [0.717, 1.165) is 25.3 Å². The standard InChI is InChI=1S/C14H18N2O/c1-9-10(2)16-12-4-3-5-13(14(9)12)17-11-6-7-15-8-11/h3-5,11,15-16H,6-8H2,1-2H3. The van der Waals surface area contributed by atoms with Crippen LogP contribution in [0.3, 0.4) is 0 Å². The predicted molar refractivity (Wildman–Crippen MR) is 69.7 cm³/mol. The Balaban J connectivity index is 2.02. The van der Waals surface area contributed by atoms with Crippen molar-refractivity contribution in [2.75, 3.05) is 13.1 Å². The quantitative estimate of drug-likeness (QED) is 0.831. The molecule has 3 rings (SSSR count). The molecule has 0 spiro atoms. The van der Waals surface area contributed by atoms with Crippen molar-refractivity contribution in [3.05, 3.63) is 29.5 Å². The van der Waals surface area contributed by atoms with Crippen molar-refractivity contribution >= 4 is 10.9 Å². The molecule has 2 heterocycles. The topological polar surface area (TPSA) is 37.0 Å². The largest absolute Gasteiger partial charge is 0.488 e. The molecule has 3 heteroatoms. The zero-order valence-electron chi connectivity index (χ0n) is 10.3. The second kappa shape index (κ2) is 4.08. The Morgan fingerprint density at radius 2 is 2.18 bits per heavy atom. The maximum absolute atomic E-state index is 6.10. The molecule has 0 radical (unpaired) electrons. The number of benzene rings is 1. The van der Waals surface area contributed by atoms with E-state index in [1.165, 1.54) is 22.2 Å². The monoisotopic (exact) mass is 230 g/mol. The van der Waals surface area contributed by atoms with Crippen molar-refractivity contribution < 1.29 is 4.74 Å². The van der Waals surface area contributed by atoms with Gasteiger partial charge in [0.05, 0.1) is 0 Å². The van der Waals surface area contributed by atoms with E-state index in [1.54, 1.807) is 0 Å². The van der Waals surface area contributed by atoms with Gasteiger partial charge in [0, 0.05) is 23.1 Å². The molecule has 2 aromatic rings. The summed E-state index contributed by atoms with van der Waals surface area (Å²) in [5, 5.41) is 4.56. The summed E-state index contributed by atoms with van der Waals surface area (Å²) in [5.41, 5.74) is 3.69. The van der Waals surface area contributed by atoms with Gasteiger partial charge in [-0.05, 0) is 44.5 Å². The summed E-state index contributed by atoms with van der Waals surface area (Å²) < 4.78 is 6.10. The predicted octanol–water partition coefficient (Wildman–Crippen LogP) is 2.53. The highest BCUT2D eigenvalue weighted by Crippen LogP contribution is 2.31. The molecule has 1 unspecified atom stereocenters. The van der Waals surface area contributed by atoms with Gasteiger partial charge in [-0.1, -0.05) is 6.07 Å². The minimum Gasteiger partial charge on any atom is -0.488 e. The van der Waals surface area contributed by atoms with E-state index >= 15 is 0 Å². The van der Waals surface area contributed by atoms with Gasteiger partial charge in [0.25, 0.3) is 0 Å². The molecule has 17 heavy (non-hydrogen) atoms. The molecule has 1 fully saturated rings. The van der Waals surface area contributed by atoms with Gasteiger partial charge in [-0.25, -0.2) is 0 Å². The Morgan fingerprint density at radius 3 is 2.94 bits per heavy atom. The highest BCUT2D eigenvalue weighted by atomic mass is 16.5. The van der Waals surface area contributed by atoms with Crippen molar-refractivity contribution in [3.63, 3.8) is 0 Å². The normalized spacial score (nSPS) is 20.0. The average molecular weight is 230 g/mol. The minimum absolute atomic E-state index is 0.315. The van der Waals surface area contributed by atoms with Crippen LogP contribution in [0, 0.1) is 13.8 Å². The van der Waals surface area contributed by atoms with E-state index < -0.39 is 0 Å². The number of nitrogens with one attached hydrogen (secondary N) is 2. The molecule has 0 bridgehead atoms. The summed E-state index contributed by atoms with van der Waals surface area (Å²) in [4.78, 5) is 3.40. The second-order valence-electron chi connectivity index (χ2n) is 4.79. The molecule has 1 aromatic carbocycles. The number of hydrogen-bond donors (Lipinski definition) is 2. The van der Waals surface area contributed by atoms with Crippen LogP contribution in [0.4, 0.5) is 0 Å². The molecule has 1 atom stereocenters. The first-order valence-electron chi connectivity index (χ1n) is 6.21. The number of aromatic nitrogens is 1. The van der Waals surface area contributed by atoms with Crippen molar-refractivity contribution in [1.82, 2.24) is 10.3 Å². The van der Waals surface area contributed by atoms with Crippen molar-refractivity contribution in [3.8, 4) is 5.75 Å². The van der Waals surface area contributed by atoms with Gasteiger partial charge in [-0.15, -0.1) is 0 Å². The van der Waals surface area contributed by atoms with Crippen LogP contribution in [0.1, 0.15) is 17.7 Å². The fraction of sp³-hybridized carbons (Fsp3) is 0.429. The zero-order valence-corrected chi connectivity index (χ0v) is 10.3. The van der Waals surface area contributed by atoms with E-state index in [4.69, 9.17) is 4.74 Å². The Morgan fingerprint density at radius 1 is 1.29 bits per heavy atom. The van der Waals surface area contributed by atoms with Crippen molar-refractivity contribution in [2.45, 2.75) is 26.4 Å². The summed E-state index contributed by atoms with van der Waals surface area (Å²) in [7, 11) is 0. The van der Waals surface area contributed by atoms with Crippen LogP contribution in [-0.4, -0.2) is 24.2 Å². The first-order chi connectivity index (χ1) is 8.25. The number of H-pyrrole nitrogens is 1. The Hall–Kier alpha value is -1.48. The molecule has 0 saturated carbocycles. The van der Waals surface area contributed by atoms with Crippen LogP contribution in [-0.2, 0) is 0 Å². The van der Waals surface area contributed by atoms with Gasteiger partial charge in [0.2, 0.25) is 0 Å². The maximum atomic E-state index is 6.10. The summed E-state index contributed by atoms with van der Waals surface area (Å²) in [6.07, 6.45) is 1.41. The van der Waals surface area contributed by atoms with Gasteiger partial charge >= 0.3 is 0 Å². The Kier molecular flexibility index (Phi) is 2.56. The molecule has 1 aromatic heterocycles. The van der Waals surface area contributed by atoms with E-state index in [0.29, 0.717) is 6.10 Å². The smallest absolute Gasteiger partial charge is 0.129 e. The molecule has 1 saturated heterocycles. The van der Waals surface area contributed by atoms with Gasteiger partial charge in [-0.2, -0.15) is 0 Å². The van der Waals surface area contributed by atoms with Crippen LogP contribution in [0.5, 0.6) is 5.75 Å². The first kappa shape index (κ1) is 10.7. The van der Waals surface area contributed by atoms with E-state index in [2.05, 4.69) is 42.3 Å². The summed E-state index contributed by atoms with van der Waals surface area (Å²) in [6, 6.07) is 6.23. The molecule has 0 aliphatic carbocycles. The van der Waals surface area contributed by atoms with Crippen molar-refractivity contribution in [1.29, 1.82) is 0 Å². The maximum Gasteiger partial charge on any atom is 0.129 e. The van der Waals surface area contributed by atoms with E-state index in [1.807, 2.05) is 0 Å². The molecule has 3 nitrogen and oxygen atoms in total. The minimum atomic E-state index is 0.315. The third kappa shape index (κ3) is 1.80. The third-order valence-electron chi connectivity index (χ3n) is 3.59. The molecule has 0 amide bonds. The lowest BCUT2D eigenvalue weighted by Gasteiger charge is -2.13. The van der Waals surface area contributed by atoms with Gasteiger partial charge in [0.15, 0.2) is 0 Å². The van der Waals surface area contributed by atoms with Crippen LogP contribution in [0.2, 0.25) is 0 Å². The highest BCUT2D eigenvalue weighted by molar-refractivity contribution is 5.90. The lowest BCUT2D eigenvalue weighted by Crippen LogP contribution is -2.19. The average Bonchev–Trinajstić information content (AvgIpc) is 2.90. The van der Waals surface area contributed by atoms with Crippen LogP contribution >= 0.6 is 0 Å². The fourth-order valence-electron chi connectivity index (χ4n) is 2.51. The molecule has 90 valence electrons. The van der Waals surface area contributed by atoms with Gasteiger partial charge < -0.3 is 15.0 Å². The van der Waals surface area contributed by atoms with E-state index in [9.17, 15) is 0 Å². The lowest BCUT2D eigenvalue weighted by atomic mass is 10.1. The number of aryl methyl sites for hydroxylation is 2. The molecular weight excluding hydrogens is 212 g/mol. The first-order valence-corrected chi connectivity index (χ1v) is 6.21. The number of hydrogen-bond acceptors (Lipinski definition) is 2. The van der Waals surface area contributed by atoms with Gasteiger partial charge in [0.1, 0.15) is 11.9 Å². The third-order valence-corrected chi connectivity index (χ3v) is 3.59. The van der Waals surface area contributed by atoms with Crippen LogP contribution < -0.4 is 10.1 Å². The number of ether oxygens (including phenoxy) is 1. The SMILES string of the molecule is Cc1[nH]c2cccc(OC3CCNC3)c2c1C. The number of rotatable bonds is 2. The zero-order chi connectivity index (χ0) is 11.8. The summed E-state index contributed by atoms with van der Waals surface area (Å²) in [6.45, 7) is 6.27. The van der Waals surface area contributed by atoms with E-state index in [-0.39, 0.29) is 0 Å². The highest BCUT2D eigenvalue weighted by Gasteiger charge is 2.18. The Bertz CT molecular complexity index is 538. The molecule has 2 N–H and O–H groups in total.